The average molecular weight is 234 g/mol. The highest BCUT2D eigenvalue weighted by Gasteiger charge is 2.56. The van der Waals surface area contributed by atoms with Crippen LogP contribution in [0.1, 0.15) is 36.4 Å². The minimum Gasteiger partial charge on any atom is -0.271 e. The van der Waals surface area contributed by atoms with Crippen molar-refractivity contribution in [2.24, 2.45) is 23.6 Å². The Labute approximate surface area is 101 Å². The molecule has 3 unspecified atom stereocenters. The first-order valence-electron chi connectivity index (χ1n) is 6.44. The van der Waals surface area contributed by atoms with Gasteiger partial charge in [-0.25, -0.2) is 4.39 Å². The number of hydrogen-bond acceptors (Lipinski definition) is 2. The Kier molecular flexibility index (Phi) is 2.68. The number of benzene rings is 1. The maximum absolute atomic E-state index is 13.1. The van der Waals surface area contributed by atoms with Gasteiger partial charge in [0, 0.05) is 6.04 Å². The fourth-order valence-corrected chi connectivity index (χ4v) is 3.77. The van der Waals surface area contributed by atoms with Gasteiger partial charge >= 0.3 is 0 Å². The Hall–Kier alpha value is -0.930. The molecule has 2 aliphatic carbocycles. The Balaban J connectivity index is 1.85. The molecule has 3 N–H and O–H groups in total. The van der Waals surface area contributed by atoms with Crippen LogP contribution in [-0.2, 0) is 0 Å². The Morgan fingerprint density at radius 2 is 2.06 bits per heavy atom. The number of hydrogen-bond donors (Lipinski definition) is 2. The standard InChI is InChI=1S/C14H19FN2/c1-8-7-9(15)5-6-10(8)14(17-16)13-11-3-2-4-12(11)13/h5-7,11-14,17H,2-4,16H2,1H3. The van der Waals surface area contributed by atoms with Gasteiger partial charge in [0.2, 0.25) is 0 Å². The molecular formula is C14H19FN2. The first-order valence-corrected chi connectivity index (χ1v) is 6.44. The molecule has 2 saturated carbocycles. The second-order valence-corrected chi connectivity index (χ2v) is 5.48. The second-order valence-electron chi connectivity index (χ2n) is 5.48. The van der Waals surface area contributed by atoms with Crippen molar-refractivity contribution in [2.75, 3.05) is 0 Å². The summed E-state index contributed by atoms with van der Waals surface area (Å²) in [4.78, 5) is 0. The molecule has 0 aliphatic heterocycles. The molecule has 1 aromatic carbocycles. The van der Waals surface area contributed by atoms with Gasteiger partial charge < -0.3 is 0 Å². The molecule has 3 rings (SSSR count). The maximum Gasteiger partial charge on any atom is 0.123 e. The van der Waals surface area contributed by atoms with Gasteiger partial charge in [0.05, 0.1) is 0 Å². The summed E-state index contributed by atoms with van der Waals surface area (Å²) in [6.07, 6.45) is 4.05. The van der Waals surface area contributed by atoms with Crippen molar-refractivity contribution >= 4 is 0 Å². The van der Waals surface area contributed by atoms with E-state index in [-0.39, 0.29) is 11.9 Å². The van der Waals surface area contributed by atoms with Crippen molar-refractivity contribution in [3.8, 4) is 0 Å². The van der Waals surface area contributed by atoms with Gasteiger partial charge in [0.15, 0.2) is 0 Å². The van der Waals surface area contributed by atoms with E-state index in [2.05, 4.69) is 5.43 Å². The van der Waals surface area contributed by atoms with Crippen molar-refractivity contribution < 1.29 is 4.39 Å². The summed E-state index contributed by atoms with van der Waals surface area (Å²) < 4.78 is 13.1. The molecule has 2 fully saturated rings. The van der Waals surface area contributed by atoms with Gasteiger partial charge in [-0.2, -0.15) is 0 Å². The summed E-state index contributed by atoms with van der Waals surface area (Å²) in [5, 5.41) is 0. The monoisotopic (exact) mass is 234 g/mol. The Bertz CT molecular complexity index is 422. The van der Waals surface area contributed by atoms with Gasteiger partial charge in [0.25, 0.3) is 0 Å². The van der Waals surface area contributed by atoms with E-state index in [4.69, 9.17) is 5.84 Å². The number of rotatable bonds is 3. The van der Waals surface area contributed by atoms with Crippen molar-refractivity contribution in [1.29, 1.82) is 0 Å². The van der Waals surface area contributed by atoms with Gasteiger partial charge in [-0.15, -0.1) is 0 Å². The van der Waals surface area contributed by atoms with Gasteiger partial charge in [-0.05, 0) is 60.8 Å². The van der Waals surface area contributed by atoms with Crippen LogP contribution in [0.2, 0.25) is 0 Å². The molecule has 17 heavy (non-hydrogen) atoms. The SMILES string of the molecule is Cc1cc(F)ccc1C(NN)C1C2CCCC21. The third kappa shape index (κ3) is 1.78. The Morgan fingerprint density at radius 1 is 1.35 bits per heavy atom. The minimum atomic E-state index is -0.169. The van der Waals surface area contributed by atoms with Crippen molar-refractivity contribution in [2.45, 2.75) is 32.2 Å². The van der Waals surface area contributed by atoms with Crippen molar-refractivity contribution in [3.05, 3.63) is 35.1 Å². The summed E-state index contributed by atoms with van der Waals surface area (Å²) in [5.74, 6) is 7.90. The van der Waals surface area contributed by atoms with E-state index < -0.39 is 0 Å². The zero-order valence-electron chi connectivity index (χ0n) is 10.1. The highest BCUT2D eigenvalue weighted by molar-refractivity contribution is 5.32. The number of fused-ring (bicyclic) bond motifs is 1. The van der Waals surface area contributed by atoms with E-state index in [0.717, 1.165) is 23.0 Å². The Morgan fingerprint density at radius 3 is 2.65 bits per heavy atom. The largest absolute Gasteiger partial charge is 0.271 e. The van der Waals surface area contributed by atoms with E-state index in [1.165, 1.54) is 25.3 Å². The van der Waals surface area contributed by atoms with Crippen LogP contribution >= 0.6 is 0 Å². The molecule has 0 bridgehead atoms. The molecular weight excluding hydrogens is 215 g/mol. The zero-order chi connectivity index (χ0) is 12.0. The lowest BCUT2D eigenvalue weighted by atomic mass is 9.94. The number of halogens is 1. The summed E-state index contributed by atoms with van der Waals surface area (Å²) in [6, 6.07) is 5.21. The van der Waals surface area contributed by atoms with E-state index in [1.807, 2.05) is 13.0 Å². The fourth-order valence-electron chi connectivity index (χ4n) is 3.77. The lowest BCUT2D eigenvalue weighted by Crippen LogP contribution is -2.31. The topological polar surface area (TPSA) is 38.0 Å². The summed E-state index contributed by atoms with van der Waals surface area (Å²) in [6.45, 7) is 1.96. The molecule has 0 spiro atoms. The smallest absolute Gasteiger partial charge is 0.123 e. The van der Waals surface area contributed by atoms with Gasteiger partial charge in [-0.1, -0.05) is 12.5 Å². The minimum absolute atomic E-state index is 0.169. The van der Waals surface area contributed by atoms with Gasteiger partial charge in [-0.3, -0.25) is 11.3 Å². The zero-order valence-corrected chi connectivity index (χ0v) is 10.1. The van der Waals surface area contributed by atoms with E-state index >= 15 is 0 Å². The first-order chi connectivity index (χ1) is 8.22. The number of nitrogens with one attached hydrogen (secondary N) is 1. The lowest BCUT2D eigenvalue weighted by Gasteiger charge is -2.20. The summed E-state index contributed by atoms with van der Waals surface area (Å²) >= 11 is 0. The molecule has 2 nitrogen and oxygen atoms in total. The quantitative estimate of drug-likeness (QED) is 0.623. The van der Waals surface area contributed by atoms with Crippen molar-refractivity contribution in [1.82, 2.24) is 5.43 Å². The van der Waals surface area contributed by atoms with E-state index in [0.29, 0.717) is 5.92 Å². The van der Waals surface area contributed by atoms with Crippen LogP contribution in [0.25, 0.3) is 0 Å². The van der Waals surface area contributed by atoms with E-state index in [1.54, 1.807) is 6.07 Å². The third-order valence-corrected chi connectivity index (χ3v) is 4.60. The predicted octanol–water partition coefficient (Wildman–Crippen LogP) is 2.68. The van der Waals surface area contributed by atoms with Crippen LogP contribution in [0.3, 0.4) is 0 Å². The van der Waals surface area contributed by atoms with Crippen LogP contribution in [0.15, 0.2) is 18.2 Å². The molecule has 2 aliphatic rings. The normalized spacial score (nSPS) is 32.3. The highest BCUT2D eigenvalue weighted by Crippen LogP contribution is 2.62. The van der Waals surface area contributed by atoms with Crippen LogP contribution in [0.4, 0.5) is 4.39 Å². The van der Waals surface area contributed by atoms with E-state index in [9.17, 15) is 4.39 Å². The predicted molar refractivity (Wildman–Crippen MR) is 65.5 cm³/mol. The van der Waals surface area contributed by atoms with Crippen molar-refractivity contribution in [3.63, 3.8) is 0 Å². The molecule has 92 valence electrons. The summed E-state index contributed by atoms with van der Waals surface area (Å²) in [5.41, 5.74) is 5.11. The first kappa shape index (κ1) is 11.2. The lowest BCUT2D eigenvalue weighted by molar-refractivity contribution is 0.423. The molecule has 0 saturated heterocycles. The second kappa shape index (κ2) is 4.07. The van der Waals surface area contributed by atoms with Crippen LogP contribution in [-0.4, -0.2) is 0 Å². The van der Waals surface area contributed by atoms with Crippen LogP contribution in [0.5, 0.6) is 0 Å². The number of hydrazine groups is 1. The van der Waals surface area contributed by atoms with Crippen LogP contribution in [0, 0.1) is 30.5 Å². The maximum atomic E-state index is 13.1. The van der Waals surface area contributed by atoms with Gasteiger partial charge in [0.1, 0.15) is 5.82 Å². The molecule has 0 amide bonds. The molecule has 3 heteroatoms. The molecule has 0 radical (unpaired) electrons. The third-order valence-electron chi connectivity index (χ3n) is 4.60. The summed E-state index contributed by atoms with van der Waals surface area (Å²) in [7, 11) is 0. The number of aryl methyl sites for hydroxylation is 1. The molecule has 3 atom stereocenters. The van der Waals surface area contributed by atoms with Crippen LogP contribution < -0.4 is 11.3 Å². The molecule has 1 aromatic rings. The fraction of sp³-hybridized carbons (Fsp3) is 0.571. The molecule has 0 heterocycles. The number of nitrogens with two attached hydrogens (primary N) is 1. The average Bonchev–Trinajstić information content (AvgIpc) is 2.77. The molecule has 0 aromatic heterocycles. The highest BCUT2D eigenvalue weighted by atomic mass is 19.1.